The molecule has 1 aromatic heterocycles. The van der Waals surface area contributed by atoms with Gasteiger partial charge in [0.05, 0.1) is 17.4 Å². The molecule has 0 saturated carbocycles. The lowest BCUT2D eigenvalue weighted by Crippen LogP contribution is -2.44. The van der Waals surface area contributed by atoms with Gasteiger partial charge in [0.15, 0.2) is 8.32 Å². The Bertz CT molecular complexity index is 751. The molecule has 1 aliphatic rings. The molecule has 27 heavy (non-hydrogen) atoms. The number of hydrogen-bond donors (Lipinski definition) is 1. The first-order valence-corrected chi connectivity index (χ1v) is 13.7. The van der Waals surface area contributed by atoms with Crippen LogP contribution in [-0.4, -0.2) is 24.4 Å². The molecule has 2 rings (SSSR count). The van der Waals surface area contributed by atoms with Crippen molar-refractivity contribution in [3.8, 4) is 0 Å². The van der Waals surface area contributed by atoms with E-state index in [1.807, 2.05) is 13.8 Å². The van der Waals surface area contributed by atoms with Crippen molar-refractivity contribution in [3.63, 3.8) is 0 Å². The standard InChI is InChI=1S/C21H34INO3Si/c1-12(2)18-16(19(24)25)17(22)15-13(23-18)10-21(6,7)11-14(15)26-27(8,9)20(3,4)5/h12,14H,10-11H2,1-9H3,(H,24,25). The van der Waals surface area contributed by atoms with Gasteiger partial charge in [0.1, 0.15) is 0 Å². The van der Waals surface area contributed by atoms with Crippen LogP contribution in [0.1, 0.15) is 94.2 Å². The van der Waals surface area contributed by atoms with Gasteiger partial charge in [0.2, 0.25) is 0 Å². The lowest BCUT2D eigenvalue weighted by Gasteiger charge is -2.44. The zero-order valence-electron chi connectivity index (χ0n) is 18.2. The monoisotopic (exact) mass is 503 g/mol. The highest BCUT2D eigenvalue weighted by Gasteiger charge is 2.44. The zero-order valence-corrected chi connectivity index (χ0v) is 21.3. The summed E-state index contributed by atoms with van der Waals surface area (Å²) in [6.45, 7) is 19.8. The minimum Gasteiger partial charge on any atom is -0.478 e. The van der Waals surface area contributed by atoms with E-state index in [2.05, 4.69) is 70.3 Å². The molecule has 0 saturated heterocycles. The highest BCUT2D eigenvalue weighted by atomic mass is 127. The normalized spacial score (nSPS) is 19.9. The Morgan fingerprint density at radius 1 is 1.33 bits per heavy atom. The highest BCUT2D eigenvalue weighted by molar-refractivity contribution is 14.1. The van der Waals surface area contributed by atoms with Crippen molar-refractivity contribution >= 4 is 36.9 Å². The molecule has 1 heterocycles. The fraction of sp³-hybridized carbons (Fsp3) is 0.714. The van der Waals surface area contributed by atoms with Crippen LogP contribution in [-0.2, 0) is 10.8 Å². The molecule has 152 valence electrons. The van der Waals surface area contributed by atoms with Gasteiger partial charge in [-0.05, 0) is 64.9 Å². The van der Waals surface area contributed by atoms with Crippen molar-refractivity contribution in [2.75, 3.05) is 0 Å². The fourth-order valence-electron chi connectivity index (χ4n) is 3.48. The topological polar surface area (TPSA) is 59.4 Å². The van der Waals surface area contributed by atoms with Crippen LogP contribution in [0.25, 0.3) is 0 Å². The molecule has 1 unspecified atom stereocenters. The molecule has 0 bridgehead atoms. The number of rotatable bonds is 4. The maximum Gasteiger partial charge on any atom is 0.338 e. The maximum absolute atomic E-state index is 12.0. The van der Waals surface area contributed by atoms with E-state index >= 15 is 0 Å². The Kier molecular flexibility index (Phi) is 6.26. The number of fused-ring (bicyclic) bond motifs is 1. The number of nitrogens with zero attached hydrogens (tertiary/aromatic N) is 1. The van der Waals surface area contributed by atoms with Crippen molar-refractivity contribution in [2.45, 2.75) is 91.5 Å². The molecular weight excluding hydrogens is 469 g/mol. The van der Waals surface area contributed by atoms with Gasteiger partial charge in [-0.15, -0.1) is 0 Å². The minimum atomic E-state index is -2.00. The lowest BCUT2D eigenvalue weighted by molar-refractivity contribution is 0.0691. The summed E-state index contributed by atoms with van der Waals surface area (Å²) in [5.41, 5.74) is 3.16. The smallest absolute Gasteiger partial charge is 0.338 e. The number of carbonyl (C=O) groups is 1. The average molecular weight is 503 g/mol. The number of pyridine rings is 1. The van der Waals surface area contributed by atoms with Gasteiger partial charge in [-0.3, -0.25) is 4.98 Å². The van der Waals surface area contributed by atoms with Crippen molar-refractivity contribution in [1.82, 2.24) is 4.98 Å². The van der Waals surface area contributed by atoms with Crippen LogP contribution >= 0.6 is 22.6 Å². The summed E-state index contributed by atoms with van der Waals surface area (Å²) in [4.78, 5) is 16.9. The summed E-state index contributed by atoms with van der Waals surface area (Å²) < 4.78 is 7.64. The molecule has 0 radical (unpaired) electrons. The van der Waals surface area contributed by atoms with E-state index in [1.54, 1.807) is 0 Å². The Balaban J connectivity index is 2.69. The predicted octanol–water partition coefficient (Wildman–Crippen LogP) is 6.54. The first-order chi connectivity index (χ1) is 12.1. The summed E-state index contributed by atoms with van der Waals surface area (Å²) in [6, 6.07) is 0. The quantitative estimate of drug-likeness (QED) is 0.374. The Labute approximate surface area is 178 Å². The van der Waals surface area contributed by atoms with Gasteiger partial charge in [-0.1, -0.05) is 48.5 Å². The summed E-state index contributed by atoms with van der Waals surface area (Å²) in [5, 5.41) is 9.97. The van der Waals surface area contributed by atoms with E-state index in [1.165, 1.54) is 0 Å². The van der Waals surface area contributed by atoms with E-state index in [-0.39, 0.29) is 22.5 Å². The van der Waals surface area contributed by atoms with Gasteiger partial charge in [0, 0.05) is 14.8 Å². The third-order valence-corrected chi connectivity index (χ3v) is 11.6. The Morgan fingerprint density at radius 2 is 1.89 bits per heavy atom. The van der Waals surface area contributed by atoms with Gasteiger partial charge >= 0.3 is 5.97 Å². The number of aromatic carboxylic acids is 1. The predicted molar refractivity (Wildman–Crippen MR) is 121 cm³/mol. The van der Waals surface area contributed by atoms with Crippen LogP contribution in [0.3, 0.4) is 0 Å². The minimum absolute atomic E-state index is 0.0692. The van der Waals surface area contributed by atoms with Crippen molar-refractivity contribution in [2.24, 2.45) is 5.41 Å². The molecule has 0 amide bonds. The number of aromatic nitrogens is 1. The van der Waals surface area contributed by atoms with Crippen LogP contribution in [0.2, 0.25) is 18.1 Å². The molecule has 1 aliphatic carbocycles. The van der Waals surface area contributed by atoms with Crippen LogP contribution in [0, 0.1) is 8.99 Å². The van der Waals surface area contributed by atoms with Gasteiger partial charge in [-0.2, -0.15) is 0 Å². The van der Waals surface area contributed by atoms with Crippen LogP contribution in [0.5, 0.6) is 0 Å². The largest absolute Gasteiger partial charge is 0.478 e. The van der Waals surface area contributed by atoms with E-state index in [0.29, 0.717) is 11.3 Å². The molecule has 0 fully saturated rings. The molecule has 0 aromatic carbocycles. The summed E-state index contributed by atoms with van der Waals surface area (Å²) in [7, 11) is -2.00. The molecule has 6 heteroatoms. The highest BCUT2D eigenvalue weighted by Crippen LogP contribution is 2.49. The second-order valence-corrected chi connectivity index (χ2v) is 16.3. The van der Waals surface area contributed by atoms with Crippen molar-refractivity contribution in [3.05, 3.63) is 26.1 Å². The molecule has 4 nitrogen and oxygen atoms in total. The number of hydrogen-bond acceptors (Lipinski definition) is 3. The average Bonchev–Trinajstić information content (AvgIpc) is 2.42. The molecule has 1 aromatic rings. The van der Waals surface area contributed by atoms with E-state index in [9.17, 15) is 9.90 Å². The third kappa shape index (κ3) is 4.58. The number of carboxylic acid groups (broad SMARTS) is 1. The van der Waals surface area contributed by atoms with Gasteiger partial charge in [0.25, 0.3) is 0 Å². The van der Waals surface area contributed by atoms with Crippen molar-refractivity contribution in [1.29, 1.82) is 0 Å². The SMILES string of the molecule is CC(C)c1nc2c(c(I)c1C(=O)O)C(O[Si](C)(C)C(C)(C)C)CC(C)(C)C2. The van der Waals surface area contributed by atoms with Gasteiger partial charge in [-0.25, -0.2) is 4.79 Å². The van der Waals surface area contributed by atoms with E-state index < -0.39 is 14.3 Å². The molecule has 0 aliphatic heterocycles. The van der Waals surface area contributed by atoms with E-state index in [0.717, 1.165) is 27.7 Å². The third-order valence-electron chi connectivity index (χ3n) is 5.99. The summed E-state index contributed by atoms with van der Waals surface area (Å²) in [6.07, 6.45) is 1.66. The van der Waals surface area contributed by atoms with Crippen molar-refractivity contribution < 1.29 is 14.3 Å². The maximum atomic E-state index is 12.0. The molecule has 1 atom stereocenters. The molecule has 0 spiro atoms. The second kappa shape index (κ2) is 7.41. The first-order valence-electron chi connectivity index (χ1n) is 9.70. The van der Waals surface area contributed by atoms with E-state index in [4.69, 9.17) is 9.41 Å². The molecular formula is C21H34INO3Si. The van der Waals surface area contributed by atoms with Crippen LogP contribution in [0.15, 0.2) is 0 Å². The number of halogens is 1. The first kappa shape index (κ1) is 22.8. The fourth-order valence-corrected chi connectivity index (χ4v) is 5.91. The zero-order chi connectivity index (χ0) is 20.9. The summed E-state index contributed by atoms with van der Waals surface area (Å²) in [5.74, 6) is -0.825. The summed E-state index contributed by atoms with van der Waals surface area (Å²) >= 11 is 2.21. The van der Waals surface area contributed by atoms with Gasteiger partial charge < -0.3 is 9.53 Å². The Morgan fingerprint density at radius 3 is 2.33 bits per heavy atom. The van der Waals surface area contributed by atoms with Crippen LogP contribution in [0.4, 0.5) is 0 Å². The molecule has 1 N–H and O–H groups in total. The second-order valence-electron chi connectivity index (χ2n) is 10.4. The Hall–Kier alpha value is -0.473. The van der Waals surface area contributed by atoms with Crippen LogP contribution < -0.4 is 0 Å². The lowest BCUT2D eigenvalue weighted by atomic mass is 9.74. The number of carboxylic acids is 1.